The molecule has 0 amide bonds. The number of ether oxygens (including phenoxy) is 2. The fourth-order valence-electron chi connectivity index (χ4n) is 1.47. The second-order valence-corrected chi connectivity index (χ2v) is 4.40. The highest BCUT2D eigenvalue weighted by Gasteiger charge is 2.13. The number of unbranched alkanes of at least 4 members (excludes halogenated alkanes) is 1. The first-order valence-electron chi connectivity index (χ1n) is 6.35. The Morgan fingerprint density at radius 2 is 2.05 bits per heavy atom. The zero-order valence-corrected chi connectivity index (χ0v) is 12.0. The van der Waals surface area contributed by atoms with Crippen molar-refractivity contribution in [2.75, 3.05) is 12.5 Å². The average molecular weight is 301 g/mol. The van der Waals surface area contributed by atoms with E-state index in [1.165, 1.54) is 18.2 Å². The van der Waals surface area contributed by atoms with Gasteiger partial charge >= 0.3 is 11.9 Å². The number of rotatable bonds is 7. The van der Waals surface area contributed by atoms with E-state index in [9.17, 15) is 14.7 Å². The van der Waals surface area contributed by atoms with E-state index in [-0.39, 0.29) is 30.1 Å². The number of hydrogen-bond acceptors (Lipinski definition) is 5. The Kier molecular flexibility index (Phi) is 6.87. The fourth-order valence-corrected chi connectivity index (χ4v) is 1.66. The van der Waals surface area contributed by atoms with Crippen LogP contribution in [0.1, 0.15) is 36.5 Å². The average Bonchev–Trinajstić information content (AvgIpc) is 2.42. The molecule has 1 aromatic rings. The van der Waals surface area contributed by atoms with Gasteiger partial charge in [-0.25, -0.2) is 4.79 Å². The van der Waals surface area contributed by atoms with Crippen molar-refractivity contribution >= 4 is 23.5 Å². The van der Waals surface area contributed by atoms with Crippen LogP contribution in [0.2, 0.25) is 0 Å². The van der Waals surface area contributed by atoms with E-state index in [1.807, 2.05) is 0 Å². The van der Waals surface area contributed by atoms with E-state index in [4.69, 9.17) is 21.1 Å². The molecule has 0 aliphatic carbocycles. The van der Waals surface area contributed by atoms with Gasteiger partial charge in [0.25, 0.3) is 0 Å². The molecule has 6 heteroatoms. The molecule has 110 valence electrons. The number of phenols is 1. The van der Waals surface area contributed by atoms with E-state index < -0.39 is 11.9 Å². The molecule has 0 aliphatic rings. The molecule has 0 unspecified atom stereocenters. The number of phenolic OH excluding ortho intramolecular Hbond substituents is 1. The number of esters is 2. The molecule has 0 saturated heterocycles. The Balaban J connectivity index is 2.71. The van der Waals surface area contributed by atoms with Crippen molar-refractivity contribution < 1.29 is 24.2 Å². The number of hydrogen-bond donors (Lipinski definition) is 1. The normalized spacial score (nSPS) is 10.1. The summed E-state index contributed by atoms with van der Waals surface area (Å²) in [5, 5.41) is 9.62. The third-order valence-corrected chi connectivity index (χ3v) is 2.73. The maximum atomic E-state index is 11.6. The highest BCUT2D eigenvalue weighted by Crippen LogP contribution is 2.27. The van der Waals surface area contributed by atoms with E-state index in [0.717, 1.165) is 0 Å². The lowest BCUT2D eigenvalue weighted by Crippen LogP contribution is -2.09. The van der Waals surface area contributed by atoms with Gasteiger partial charge in [-0.3, -0.25) is 4.79 Å². The Labute approximate surface area is 122 Å². The smallest absolute Gasteiger partial charge is 0.338 e. The summed E-state index contributed by atoms with van der Waals surface area (Å²) in [6.07, 6.45) is 1.53. The lowest BCUT2D eigenvalue weighted by atomic mass is 10.2. The zero-order chi connectivity index (χ0) is 15.0. The van der Waals surface area contributed by atoms with Gasteiger partial charge in [-0.2, -0.15) is 0 Å². The summed E-state index contributed by atoms with van der Waals surface area (Å²) in [6, 6.07) is 3.97. The van der Waals surface area contributed by atoms with Gasteiger partial charge in [-0.1, -0.05) is 0 Å². The number of halogens is 1. The molecule has 0 saturated carbocycles. The summed E-state index contributed by atoms with van der Waals surface area (Å²) in [5.74, 6) is -0.787. The zero-order valence-electron chi connectivity index (χ0n) is 11.2. The molecule has 1 N–H and O–H groups in total. The van der Waals surface area contributed by atoms with Crippen LogP contribution in [0.4, 0.5) is 0 Å². The molecule has 0 aromatic heterocycles. The summed E-state index contributed by atoms with van der Waals surface area (Å²) >= 11 is 5.51. The van der Waals surface area contributed by atoms with Gasteiger partial charge in [0, 0.05) is 12.3 Å². The molecular weight excluding hydrogens is 284 g/mol. The van der Waals surface area contributed by atoms with Crippen molar-refractivity contribution in [1.82, 2.24) is 0 Å². The molecule has 0 aliphatic heterocycles. The molecule has 5 nitrogen and oxygen atoms in total. The topological polar surface area (TPSA) is 72.8 Å². The minimum Gasteiger partial charge on any atom is -0.504 e. The molecule has 0 fully saturated rings. The molecule has 1 aromatic carbocycles. The summed E-state index contributed by atoms with van der Waals surface area (Å²) in [7, 11) is 0. The Morgan fingerprint density at radius 1 is 1.30 bits per heavy atom. The van der Waals surface area contributed by atoms with Gasteiger partial charge in [-0.05, 0) is 38.0 Å². The molecule has 0 spiro atoms. The number of aromatic hydroxyl groups is 1. The summed E-state index contributed by atoms with van der Waals surface area (Å²) in [6.45, 7) is 1.93. The van der Waals surface area contributed by atoms with Crippen molar-refractivity contribution in [2.45, 2.75) is 26.2 Å². The number of alkyl halides is 1. The van der Waals surface area contributed by atoms with Crippen molar-refractivity contribution in [3.05, 3.63) is 23.8 Å². The predicted molar refractivity (Wildman–Crippen MR) is 74.3 cm³/mol. The first-order chi connectivity index (χ1) is 9.58. The van der Waals surface area contributed by atoms with Gasteiger partial charge in [-0.15, -0.1) is 11.6 Å². The van der Waals surface area contributed by atoms with Crippen molar-refractivity contribution in [3.63, 3.8) is 0 Å². The summed E-state index contributed by atoms with van der Waals surface area (Å²) in [5.41, 5.74) is 0.216. The van der Waals surface area contributed by atoms with Gasteiger partial charge in [0.1, 0.15) is 0 Å². The fraction of sp³-hybridized carbons (Fsp3) is 0.429. The van der Waals surface area contributed by atoms with Crippen LogP contribution < -0.4 is 4.74 Å². The predicted octanol–water partition coefficient (Wildman–Crippen LogP) is 2.88. The van der Waals surface area contributed by atoms with E-state index in [1.54, 1.807) is 6.92 Å². The molecule has 0 atom stereocenters. The van der Waals surface area contributed by atoms with Crippen molar-refractivity contribution in [1.29, 1.82) is 0 Å². The van der Waals surface area contributed by atoms with Crippen molar-refractivity contribution in [2.24, 2.45) is 0 Å². The van der Waals surface area contributed by atoms with Crippen LogP contribution in [0.3, 0.4) is 0 Å². The van der Waals surface area contributed by atoms with Gasteiger partial charge in [0.2, 0.25) is 0 Å². The number of benzene rings is 1. The van der Waals surface area contributed by atoms with Gasteiger partial charge in [0.05, 0.1) is 12.2 Å². The highest BCUT2D eigenvalue weighted by atomic mass is 35.5. The van der Waals surface area contributed by atoms with Crippen LogP contribution in [0.25, 0.3) is 0 Å². The van der Waals surface area contributed by atoms with Gasteiger partial charge < -0.3 is 14.6 Å². The molecule has 0 bridgehead atoms. The first kappa shape index (κ1) is 16.3. The maximum Gasteiger partial charge on any atom is 0.338 e. The van der Waals surface area contributed by atoms with Crippen LogP contribution in [0, 0.1) is 0 Å². The van der Waals surface area contributed by atoms with Crippen LogP contribution in [0.15, 0.2) is 18.2 Å². The third-order valence-electron chi connectivity index (χ3n) is 2.46. The van der Waals surface area contributed by atoms with Gasteiger partial charge in [0.15, 0.2) is 11.5 Å². The maximum absolute atomic E-state index is 11.6. The van der Waals surface area contributed by atoms with Crippen LogP contribution in [0.5, 0.6) is 11.5 Å². The number of carbonyl (C=O) groups excluding carboxylic acids is 2. The minimum absolute atomic E-state index is 0.0496. The van der Waals surface area contributed by atoms with Crippen LogP contribution >= 0.6 is 11.6 Å². The molecule has 20 heavy (non-hydrogen) atoms. The molecule has 0 heterocycles. The summed E-state index contributed by atoms with van der Waals surface area (Å²) in [4.78, 5) is 23.1. The first-order valence-corrected chi connectivity index (χ1v) is 6.88. The lowest BCUT2D eigenvalue weighted by molar-refractivity contribution is -0.134. The Morgan fingerprint density at radius 3 is 2.70 bits per heavy atom. The monoisotopic (exact) mass is 300 g/mol. The third kappa shape index (κ3) is 5.09. The van der Waals surface area contributed by atoms with Crippen LogP contribution in [-0.2, 0) is 9.53 Å². The standard InChI is InChI=1S/C14H17ClO5/c1-2-19-14(18)10-6-7-11(16)12(9-10)20-13(17)5-3-4-8-15/h6-7,9,16H,2-5,8H2,1H3. The SMILES string of the molecule is CCOC(=O)c1ccc(O)c(OC(=O)CCCCCl)c1. The largest absolute Gasteiger partial charge is 0.504 e. The Hall–Kier alpha value is -1.75. The molecule has 0 radical (unpaired) electrons. The van der Waals surface area contributed by atoms with E-state index >= 15 is 0 Å². The molecule has 1 rings (SSSR count). The second-order valence-electron chi connectivity index (χ2n) is 4.02. The molecular formula is C14H17ClO5. The van der Waals surface area contributed by atoms with E-state index in [0.29, 0.717) is 18.7 Å². The van der Waals surface area contributed by atoms with Crippen LogP contribution in [-0.4, -0.2) is 29.5 Å². The second kappa shape index (κ2) is 8.43. The minimum atomic E-state index is -0.535. The van der Waals surface area contributed by atoms with E-state index in [2.05, 4.69) is 0 Å². The lowest BCUT2D eigenvalue weighted by Gasteiger charge is -2.08. The Bertz CT molecular complexity index is 473. The summed E-state index contributed by atoms with van der Waals surface area (Å²) < 4.78 is 9.85. The van der Waals surface area contributed by atoms with Crippen molar-refractivity contribution in [3.8, 4) is 11.5 Å². The highest BCUT2D eigenvalue weighted by molar-refractivity contribution is 6.17. The quantitative estimate of drug-likeness (QED) is 0.363. The number of carbonyl (C=O) groups is 2.